The average molecular weight is 277 g/mol. The number of methoxy groups -OCH3 is 2. The predicted molar refractivity (Wildman–Crippen MR) is 75.4 cm³/mol. The van der Waals surface area contributed by atoms with E-state index < -0.39 is 0 Å². The van der Waals surface area contributed by atoms with Gasteiger partial charge in [-0.2, -0.15) is 0 Å². The van der Waals surface area contributed by atoms with Gasteiger partial charge in [0, 0.05) is 24.4 Å². The van der Waals surface area contributed by atoms with Crippen LogP contribution in [0.25, 0.3) is 11.4 Å². The van der Waals surface area contributed by atoms with E-state index in [-0.39, 0.29) is 6.04 Å². The monoisotopic (exact) mass is 277 g/mol. The first kappa shape index (κ1) is 14.3. The van der Waals surface area contributed by atoms with E-state index in [1.165, 1.54) is 0 Å². The van der Waals surface area contributed by atoms with Crippen molar-refractivity contribution in [3.63, 3.8) is 0 Å². The summed E-state index contributed by atoms with van der Waals surface area (Å²) < 4.78 is 12.2. The molecular formula is C13H19N5O2. The van der Waals surface area contributed by atoms with Crippen LogP contribution in [0.5, 0.6) is 5.75 Å². The van der Waals surface area contributed by atoms with Gasteiger partial charge in [0.1, 0.15) is 5.75 Å². The normalized spacial score (nSPS) is 12.3. The highest BCUT2D eigenvalue weighted by Crippen LogP contribution is 2.27. The summed E-state index contributed by atoms with van der Waals surface area (Å²) in [6, 6.07) is 5.52. The zero-order valence-corrected chi connectivity index (χ0v) is 11.9. The van der Waals surface area contributed by atoms with Gasteiger partial charge >= 0.3 is 0 Å². The first-order valence-electron chi connectivity index (χ1n) is 6.41. The highest BCUT2D eigenvalue weighted by molar-refractivity contribution is 5.64. The van der Waals surface area contributed by atoms with Crippen LogP contribution in [0, 0.1) is 0 Å². The van der Waals surface area contributed by atoms with Crippen LogP contribution < -0.4 is 10.5 Å². The fraction of sp³-hybridized carbons (Fsp3) is 0.462. The number of ether oxygens (including phenoxy) is 2. The number of hydrogen-bond donors (Lipinski definition) is 1. The second kappa shape index (κ2) is 6.33. The second-order valence-electron chi connectivity index (χ2n) is 4.46. The van der Waals surface area contributed by atoms with E-state index in [9.17, 15) is 0 Å². The van der Waals surface area contributed by atoms with E-state index in [4.69, 9.17) is 15.2 Å². The van der Waals surface area contributed by atoms with Crippen molar-refractivity contribution in [1.29, 1.82) is 0 Å². The van der Waals surface area contributed by atoms with Crippen molar-refractivity contribution in [3.05, 3.63) is 18.2 Å². The zero-order valence-electron chi connectivity index (χ0n) is 11.9. The van der Waals surface area contributed by atoms with E-state index in [1.807, 2.05) is 12.1 Å². The Bertz CT molecular complexity index is 570. The van der Waals surface area contributed by atoms with Gasteiger partial charge in [0.05, 0.1) is 19.8 Å². The van der Waals surface area contributed by atoms with Crippen molar-refractivity contribution in [2.24, 2.45) is 0 Å². The van der Waals surface area contributed by atoms with Crippen molar-refractivity contribution >= 4 is 5.69 Å². The lowest BCUT2D eigenvalue weighted by Crippen LogP contribution is -2.16. The van der Waals surface area contributed by atoms with Gasteiger partial charge in [-0.15, -0.1) is 5.10 Å². The van der Waals surface area contributed by atoms with Crippen LogP contribution in [0.1, 0.15) is 19.4 Å². The Labute approximate surface area is 117 Å². The van der Waals surface area contributed by atoms with Gasteiger partial charge in [0.15, 0.2) is 5.82 Å². The Balaban J connectivity index is 2.43. The Morgan fingerprint density at radius 2 is 2.10 bits per heavy atom. The lowest BCUT2D eigenvalue weighted by molar-refractivity contribution is 0.147. The van der Waals surface area contributed by atoms with Crippen LogP contribution in [0.2, 0.25) is 0 Å². The number of rotatable bonds is 6. The molecule has 1 aromatic heterocycles. The predicted octanol–water partition coefficient (Wildman–Crippen LogP) is 1.53. The van der Waals surface area contributed by atoms with Crippen molar-refractivity contribution in [3.8, 4) is 17.1 Å². The van der Waals surface area contributed by atoms with Gasteiger partial charge in [0.25, 0.3) is 0 Å². The summed E-state index contributed by atoms with van der Waals surface area (Å²) in [6.45, 7) is 2.61. The Kier molecular flexibility index (Phi) is 4.52. The molecule has 0 fully saturated rings. The van der Waals surface area contributed by atoms with E-state index in [2.05, 4.69) is 22.4 Å². The van der Waals surface area contributed by atoms with Crippen LogP contribution in [0.15, 0.2) is 18.2 Å². The molecule has 1 aromatic carbocycles. The molecule has 1 unspecified atom stereocenters. The maximum Gasteiger partial charge on any atom is 0.182 e. The Hall–Kier alpha value is -2.15. The lowest BCUT2D eigenvalue weighted by Gasteiger charge is -2.15. The minimum Gasteiger partial charge on any atom is -0.497 e. The van der Waals surface area contributed by atoms with Crippen molar-refractivity contribution < 1.29 is 9.47 Å². The standard InChI is InChI=1S/C13H19N5O2/c1-4-11(8-19-2)18-13(15-16-17-18)9-5-10(14)7-12(6-9)20-3/h5-7,11H,4,8,14H2,1-3H3. The molecule has 2 N–H and O–H groups in total. The van der Waals surface area contributed by atoms with Crippen molar-refractivity contribution in [1.82, 2.24) is 20.2 Å². The minimum atomic E-state index is 0.0809. The number of anilines is 1. The largest absolute Gasteiger partial charge is 0.497 e. The molecule has 0 aliphatic carbocycles. The van der Waals surface area contributed by atoms with Crippen molar-refractivity contribution in [2.75, 3.05) is 26.6 Å². The molecule has 0 aliphatic rings. The molecule has 0 radical (unpaired) electrons. The third-order valence-corrected chi connectivity index (χ3v) is 3.09. The maximum absolute atomic E-state index is 5.88. The molecule has 0 saturated carbocycles. The molecule has 0 amide bonds. The van der Waals surface area contributed by atoms with Gasteiger partial charge in [0.2, 0.25) is 0 Å². The lowest BCUT2D eigenvalue weighted by atomic mass is 10.1. The molecule has 1 atom stereocenters. The van der Waals surface area contributed by atoms with E-state index >= 15 is 0 Å². The summed E-state index contributed by atoms with van der Waals surface area (Å²) >= 11 is 0. The summed E-state index contributed by atoms with van der Waals surface area (Å²) in [5.41, 5.74) is 7.30. The molecule has 2 aromatic rings. The third kappa shape index (κ3) is 2.88. The van der Waals surface area contributed by atoms with Crippen LogP contribution in [0.3, 0.4) is 0 Å². The number of hydrogen-bond acceptors (Lipinski definition) is 6. The molecule has 7 nitrogen and oxygen atoms in total. The first-order valence-corrected chi connectivity index (χ1v) is 6.41. The molecule has 2 rings (SSSR count). The fourth-order valence-electron chi connectivity index (χ4n) is 2.05. The summed E-state index contributed by atoms with van der Waals surface area (Å²) in [6.07, 6.45) is 0.866. The zero-order chi connectivity index (χ0) is 14.5. The molecular weight excluding hydrogens is 258 g/mol. The number of nitrogens with zero attached hydrogens (tertiary/aromatic N) is 4. The fourth-order valence-corrected chi connectivity index (χ4v) is 2.05. The molecule has 0 bridgehead atoms. The summed E-state index contributed by atoms with van der Waals surface area (Å²) in [4.78, 5) is 0. The Morgan fingerprint density at radius 1 is 1.30 bits per heavy atom. The number of aromatic nitrogens is 4. The van der Waals surface area contributed by atoms with Crippen LogP contribution in [0.4, 0.5) is 5.69 Å². The summed E-state index contributed by atoms with van der Waals surface area (Å²) in [7, 11) is 3.26. The molecule has 7 heteroatoms. The average Bonchev–Trinajstić information content (AvgIpc) is 2.93. The van der Waals surface area contributed by atoms with Crippen LogP contribution in [-0.2, 0) is 4.74 Å². The number of nitrogen functional groups attached to an aromatic ring is 1. The molecule has 0 spiro atoms. The van der Waals surface area contributed by atoms with Gasteiger partial charge in [-0.25, -0.2) is 4.68 Å². The molecule has 108 valence electrons. The first-order chi connectivity index (χ1) is 9.69. The van der Waals surface area contributed by atoms with E-state index in [1.54, 1.807) is 25.0 Å². The van der Waals surface area contributed by atoms with Gasteiger partial charge in [-0.1, -0.05) is 6.92 Å². The molecule has 0 aliphatic heterocycles. The minimum absolute atomic E-state index is 0.0809. The molecule has 20 heavy (non-hydrogen) atoms. The smallest absolute Gasteiger partial charge is 0.182 e. The highest BCUT2D eigenvalue weighted by atomic mass is 16.5. The molecule has 0 saturated heterocycles. The quantitative estimate of drug-likeness (QED) is 0.805. The third-order valence-electron chi connectivity index (χ3n) is 3.09. The van der Waals surface area contributed by atoms with E-state index in [0.717, 1.165) is 12.0 Å². The van der Waals surface area contributed by atoms with Gasteiger partial charge in [-0.05, 0) is 29.0 Å². The Morgan fingerprint density at radius 3 is 2.75 bits per heavy atom. The van der Waals surface area contributed by atoms with Gasteiger partial charge < -0.3 is 15.2 Å². The van der Waals surface area contributed by atoms with Crippen LogP contribution in [-0.4, -0.2) is 41.0 Å². The SMILES string of the molecule is CCC(COC)n1nnnc1-c1cc(N)cc(OC)c1. The highest BCUT2D eigenvalue weighted by Gasteiger charge is 2.17. The second-order valence-corrected chi connectivity index (χ2v) is 4.46. The maximum atomic E-state index is 5.88. The van der Waals surface area contributed by atoms with Crippen molar-refractivity contribution in [2.45, 2.75) is 19.4 Å². The van der Waals surface area contributed by atoms with E-state index in [0.29, 0.717) is 23.9 Å². The summed E-state index contributed by atoms with van der Waals surface area (Å²) in [5.74, 6) is 1.33. The number of nitrogens with two attached hydrogens (primary N) is 1. The number of tetrazole rings is 1. The van der Waals surface area contributed by atoms with Gasteiger partial charge in [-0.3, -0.25) is 0 Å². The topological polar surface area (TPSA) is 88.1 Å². The van der Waals surface area contributed by atoms with Crippen LogP contribution >= 0.6 is 0 Å². The number of benzene rings is 1. The summed E-state index contributed by atoms with van der Waals surface area (Å²) in [5, 5.41) is 11.9. The molecule has 1 heterocycles.